The number of sulfonamides is 1. The maximum absolute atomic E-state index is 11.9. The highest BCUT2D eigenvalue weighted by atomic mass is 32.2. The van der Waals surface area contributed by atoms with E-state index >= 15 is 0 Å². The second kappa shape index (κ2) is 7.00. The Kier molecular flexibility index (Phi) is 4.98. The summed E-state index contributed by atoms with van der Waals surface area (Å²) in [4.78, 5) is 6.58. The molecule has 0 atom stereocenters. The summed E-state index contributed by atoms with van der Waals surface area (Å²) in [5.41, 5.74) is 2.08. The fraction of sp³-hybridized carbons (Fsp3) is 0.500. The third kappa shape index (κ3) is 3.82. The molecule has 3 rings (SSSR count). The summed E-state index contributed by atoms with van der Waals surface area (Å²) in [5, 5.41) is 4.03. The van der Waals surface area contributed by atoms with Crippen LogP contribution in [0.4, 0.5) is 0 Å². The zero-order valence-corrected chi connectivity index (χ0v) is 14.8. The van der Waals surface area contributed by atoms with Gasteiger partial charge in [0.15, 0.2) is 5.82 Å². The van der Waals surface area contributed by atoms with Crippen LogP contribution in [0.5, 0.6) is 0 Å². The number of hydrogen-bond acceptors (Lipinski definition) is 6. The lowest BCUT2D eigenvalue weighted by atomic mass is 10.1. The third-order valence-electron chi connectivity index (χ3n) is 4.22. The zero-order valence-electron chi connectivity index (χ0n) is 14.0. The van der Waals surface area contributed by atoms with Gasteiger partial charge in [0.1, 0.15) is 0 Å². The number of rotatable bonds is 5. The zero-order chi connectivity index (χ0) is 17.2. The Hall–Kier alpha value is -1.77. The van der Waals surface area contributed by atoms with Crippen molar-refractivity contribution in [3.63, 3.8) is 0 Å². The molecule has 1 saturated heterocycles. The summed E-state index contributed by atoms with van der Waals surface area (Å²) >= 11 is 0. The molecule has 0 saturated carbocycles. The van der Waals surface area contributed by atoms with Crippen molar-refractivity contribution in [2.24, 2.45) is 0 Å². The predicted molar refractivity (Wildman–Crippen MR) is 90.8 cm³/mol. The van der Waals surface area contributed by atoms with Gasteiger partial charge in [-0.3, -0.25) is 4.90 Å². The highest BCUT2D eigenvalue weighted by molar-refractivity contribution is 7.89. The van der Waals surface area contributed by atoms with Crippen LogP contribution in [0.15, 0.2) is 28.8 Å². The standard InChI is InChI=1S/C16H22N4O3S/c1-3-24(21,22)20-10-8-19(9-11-20)12-15-17-16(23-18-15)14-6-4-13(2)5-7-14/h4-7H,3,8-12H2,1-2H3. The Balaban J connectivity index is 1.59. The first-order valence-corrected chi connectivity index (χ1v) is 9.68. The van der Waals surface area contributed by atoms with E-state index in [1.807, 2.05) is 31.2 Å². The van der Waals surface area contributed by atoms with E-state index in [9.17, 15) is 8.42 Å². The quantitative estimate of drug-likeness (QED) is 0.813. The van der Waals surface area contributed by atoms with Gasteiger partial charge in [0.2, 0.25) is 10.0 Å². The van der Waals surface area contributed by atoms with Crippen molar-refractivity contribution in [1.82, 2.24) is 19.3 Å². The Labute approximate surface area is 142 Å². The number of benzene rings is 1. The SMILES string of the molecule is CCS(=O)(=O)N1CCN(Cc2noc(-c3ccc(C)cc3)n2)CC1. The fourth-order valence-corrected chi connectivity index (χ4v) is 3.76. The van der Waals surface area contributed by atoms with Crippen LogP contribution >= 0.6 is 0 Å². The first kappa shape index (κ1) is 17.1. The Bertz CT molecular complexity index is 778. The van der Waals surface area contributed by atoms with Gasteiger partial charge >= 0.3 is 0 Å². The molecule has 0 N–H and O–H groups in total. The van der Waals surface area contributed by atoms with Crippen LogP contribution in [0.1, 0.15) is 18.3 Å². The molecule has 1 aliphatic rings. The second-order valence-corrected chi connectivity index (χ2v) is 8.22. The lowest BCUT2D eigenvalue weighted by molar-refractivity contribution is 0.176. The molecule has 0 radical (unpaired) electrons. The normalized spacial score (nSPS) is 17.2. The first-order chi connectivity index (χ1) is 11.5. The Morgan fingerprint density at radius 3 is 2.42 bits per heavy atom. The monoisotopic (exact) mass is 350 g/mol. The minimum atomic E-state index is -3.10. The smallest absolute Gasteiger partial charge is 0.257 e. The van der Waals surface area contributed by atoms with Gasteiger partial charge in [-0.25, -0.2) is 8.42 Å². The van der Waals surface area contributed by atoms with Crippen LogP contribution in [0, 0.1) is 6.92 Å². The van der Waals surface area contributed by atoms with Gasteiger partial charge < -0.3 is 4.52 Å². The highest BCUT2D eigenvalue weighted by Gasteiger charge is 2.26. The van der Waals surface area contributed by atoms with Gasteiger partial charge in [-0.1, -0.05) is 22.9 Å². The van der Waals surface area contributed by atoms with Crippen LogP contribution < -0.4 is 0 Å². The summed E-state index contributed by atoms with van der Waals surface area (Å²) in [6.07, 6.45) is 0. The summed E-state index contributed by atoms with van der Waals surface area (Å²) in [5.74, 6) is 1.28. The number of aryl methyl sites for hydroxylation is 1. The molecule has 0 amide bonds. The largest absolute Gasteiger partial charge is 0.334 e. The third-order valence-corrected chi connectivity index (χ3v) is 6.10. The summed E-state index contributed by atoms with van der Waals surface area (Å²) in [7, 11) is -3.10. The van der Waals surface area contributed by atoms with E-state index in [1.54, 1.807) is 11.2 Å². The number of hydrogen-bond donors (Lipinski definition) is 0. The van der Waals surface area contributed by atoms with Crippen molar-refractivity contribution in [2.75, 3.05) is 31.9 Å². The second-order valence-electron chi connectivity index (χ2n) is 5.96. The van der Waals surface area contributed by atoms with E-state index in [0.29, 0.717) is 44.4 Å². The van der Waals surface area contributed by atoms with E-state index in [2.05, 4.69) is 15.0 Å². The molecule has 0 unspecified atom stereocenters. The molecule has 2 aromatic rings. The van der Waals surface area contributed by atoms with Gasteiger partial charge in [0.25, 0.3) is 5.89 Å². The van der Waals surface area contributed by atoms with E-state index < -0.39 is 10.0 Å². The molecular formula is C16H22N4O3S. The number of nitrogens with zero attached hydrogens (tertiary/aromatic N) is 4. The fourth-order valence-electron chi connectivity index (χ4n) is 2.68. The average Bonchev–Trinajstić information content (AvgIpc) is 3.04. The maximum atomic E-state index is 11.9. The highest BCUT2D eigenvalue weighted by Crippen LogP contribution is 2.18. The first-order valence-electron chi connectivity index (χ1n) is 8.08. The minimum absolute atomic E-state index is 0.151. The molecule has 0 spiro atoms. The topological polar surface area (TPSA) is 79.5 Å². The van der Waals surface area contributed by atoms with Crippen molar-refractivity contribution >= 4 is 10.0 Å². The van der Waals surface area contributed by atoms with Crippen LogP contribution in [0.25, 0.3) is 11.5 Å². The van der Waals surface area contributed by atoms with E-state index in [-0.39, 0.29) is 5.75 Å². The van der Waals surface area contributed by atoms with Gasteiger partial charge in [-0.15, -0.1) is 0 Å². The van der Waals surface area contributed by atoms with Crippen LogP contribution in [0.3, 0.4) is 0 Å². The predicted octanol–water partition coefficient (Wildman–Crippen LogP) is 1.51. The van der Waals surface area contributed by atoms with Gasteiger partial charge in [-0.2, -0.15) is 9.29 Å². The molecule has 8 heteroatoms. The lowest BCUT2D eigenvalue weighted by Gasteiger charge is -2.32. The lowest BCUT2D eigenvalue weighted by Crippen LogP contribution is -2.48. The molecule has 1 fully saturated rings. The Morgan fingerprint density at radius 2 is 1.79 bits per heavy atom. The van der Waals surface area contributed by atoms with Gasteiger partial charge in [-0.05, 0) is 26.0 Å². The average molecular weight is 350 g/mol. The minimum Gasteiger partial charge on any atom is -0.334 e. The summed E-state index contributed by atoms with van der Waals surface area (Å²) in [6.45, 7) is 6.64. The van der Waals surface area contributed by atoms with Crippen molar-refractivity contribution < 1.29 is 12.9 Å². The van der Waals surface area contributed by atoms with Crippen molar-refractivity contribution in [1.29, 1.82) is 0 Å². The van der Waals surface area contributed by atoms with Crippen LogP contribution in [-0.2, 0) is 16.6 Å². The van der Waals surface area contributed by atoms with E-state index in [1.165, 1.54) is 5.56 Å². The molecule has 1 aromatic heterocycles. The molecule has 0 bridgehead atoms. The molecule has 1 aliphatic heterocycles. The molecule has 24 heavy (non-hydrogen) atoms. The van der Waals surface area contributed by atoms with Crippen molar-refractivity contribution in [3.05, 3.63) is 35.7 Å². The molecule has 2 heterocycles. The number of piperazine rings is 1. The van der Waals surface area contributed by atoms with Crippen molar-refractivity contribution in [3.8, 4) is 11.5 Å². The van der Waals surface area contributed by atoms with Crippen LogP contribution in [0.2, 0.25) is 0 Å². The summed E-state index contributed by atoms with van der Waals surface area (Å²) < 4.78 is 30.6. The maximum Gasteiger partial charge on any atom is 0.257 e. The molecule has 130 valence electrons. The van der Waals surface area contributed by atoms with Crippen molar-refractivity contribution in [2.45, 2.75) is 20.4 Å². The molecule has 7 nitrogen and oxygen atoms in total. The van der Waals surface area contributed by atoms with Gasteiger partial charge in [0.05, 0.1) is 12.3 Å². The number of aromatic nitrogens is 2. The summed E-state index contributed by atoms with van der Waals surface area (Å²) in [6, 6.07) is 7.93. The Morgan fingerprint density at radius 1 is 1.12 bits per heavy atom. The van der Waals surface area contributed by atoms with E-state index in [4.69, 9.17) is 4.52 Å². The molecular weight excluding hydrogens is 328 g/mol. The van der Waals surface area contributed by atoms with Crippen LogP contribution in [-0.4, -0.2) is 59.7 Å². The van der Waals surface area contributed by atoms with Gasteiger partial charge in [0, 0.05) is 31.7 Å². The molecule has 0 aliphatic carbocycles. The van der Waals surface area contributed by atoms with E-state index in [0.717, 1.165) is 5.56 Å². The molecule has 1 aromatic carbocycles.